The van der Waals surface area contributed by atoms with Crippen molar-refractivity contribution in [1.29, 1.82) is 0 Å². The van der Waals surface area contributed by atoms with Gasteiger partial charge in [-0.3, -0.25) is 4.79 Å². The number of ether oxygens (including phenoxy) is 1. The summed E-state index contributed by atoms with van der Waals surface area (Å²) in [5.41, 5.74) is 10.4. The van der Waals surface area contributed by atoms with E-state index in [2.05, 4.69) is 0 Å². The van der Waals surface area contributed by atoms with Crippen LogP contribution in [0, 0.1) is 11.6 Å². The fraction of sp³-hybridized carbons (Fsp3) is 0.300. The van der Waals surface area contributed by atoms with Gasteiger partial charge in [0.05, 0.1) is 12.6 Å². The summed E-state index contributed by atoms with van der Waals surface area (Å²) in [4.78, 5) is 10.4. The van der Waals surface area contributed by atoms with Gasteiger partial charge in [0.25, 0.3) is 0 Å². The molecule has 88 valence electrons. The zero-order chi connectivity index (χ0) is 12.1. The summed E-state index contributed by atoms with van der Waals surface area (Å²) in [6.07, 6.45) is 0. The monoisotopic (exact) mass is 230 g/mol. The van der Waals surface area contributed by atoms with Crippen LogP contribution >= 0.6 is 0 Å². The standard InChI is InChI=1S/C10H12F2N2O2/c11-6-1-2-8(12)7(3-6)9(13)4-16-5-10(14)15/h1-3,9H,4-5,13H2,(H2,14,15). The molecule has 0 bridgehead atoms. The van der Waals surface area contributed by atoms with Crippen LogP contribution in [-0.4, -0.2) is 19.1 Å². The average Bonchev–Trinajstić information content (AvgIpc) is 2.21. The van der Waals surface area contributed by atoms with Crippen molar-refractivity contribution < 1.29 is 18.3 Å². The molecule has 0 radical (unpaired) electrons. The molecule has 0 aliphatic carbocycles. The molecule has 1 aromatic carbocycles. The van der Waals surface area contributed by atoms with Crippen molar-refractivity contribution in [3.8, 4) is 0 Å². The van der Waals surface area contributed by atoms with Gasteiger partial charge in [-0.15, -0.1) is 0 Å². The SMILES string of the molecule is NC(=O)COCC(N)c1cc(F)ccc1F. The number of primary amides is 1. The van der Waals surface area contributed by atoms with Crippen molar-refractivity contribution in [2.45, 2.75) is 6.04 Å². The molecule has 1 rings (SSSR count). The lowest BCUT2D eigenvalue weighted by molar-refractivity contribution is -0.122. The average molecular weight is 230 g/mol. The molecule has 0 heterocycles. The van der Waals surface area contributed by atoms with Crippen LogP contribution in [0.2, 0.25) is 0 Å². The molecule has 4 nitrogen and oxygen atoms in total. The Labute approximate surface area is 91.2 Å². The molecule has 0 saturated carbocycles. The number of hydrogen-bond acceptors (Lipinski definition) is 3. The molecule has 1 amide bonds. The predicted molar refractivity (Wildman–Crippen MR) is 53.3 cm³/mol. The molecule has 1 atom stereocenters. The number of hydrogen-bond donors (Lipinski definition) is 2. The summed E-state index contributed by atoms with van der Waals surface area (Å²) >= 11 is 0. The van der Waals surface area contributed by atoms with Crippen LogP contribution < -0.4 is 11.5 Å². The van der Waals surface area contributed by atoms with E-state index in [9.17, 15) is 13.6 Å². The van der Waals surface area contributed by atoms with Gasteiger partial charge < -0.3 is 16.2 Å². The maximum absolute atomic E-state index is 13.2. The Morgan fingerprint density at radius 1 is 1.44 bits per heavy atom. The lowest BCUT2D eigenvalue weighted by Gasteiger charge is -2.12. The summed E-state index contributed by atoms with van der Waals surface area (Å²) < 4.78 is 30.9. The highest BCUT2D eigenvalue weighted by atomic mass is 19.1. The highest BCUT2D eigenvalue weighted by molar-refractivity contribution is 5.74. The minimum Gasteiger partial charge on any atom is -0.370 e. The first-order chi connectivity index (χ1) is 7.50. The Balaban J connectivity index is 2.61. The highest BCUT2D eigenvalue weighted by Gasteiger charge is 2.13. The molecule has 4 N–H and O–H groups in total. The quantitative estimate of drug-likeness (QED) is 0.771. The molecular weight excluding hydrogens is 218 g/mol. The van der Waals surface area contributed by atoms with E-state index in [1.807, 2.05) is 0 Å². The third kappa shape index (κ3) is 3.56. The number of rotatable bonds is 5. The molecule has 0 saturated heterocycles. The van der Waals surface area contributed by atoms with Crippen LogP contribution in [0.5, 0.6) is 0 Å². The number of nitrogens with two attached hydrogens (primary N) is 2. The van der Waals surface area contributed by atoms with Gasteiger partial charge in [0.2, 0.25) is 5.91 Å². The van der Waals surface area contributed by atoms with Gasteiger partial charge in [-0.25, -0.2) is 8.78 Å². The zero-order valence-corrected chi connectivity index (χ0v) is 8.45. The molecule has 1 aromatic rings. The van der Waals surface area contributed by atoms with E-state index in [-0.39, 0.29) is 18.8 Å². The first kappa shape index (κ1) is 12.5. The lowest BCUT2D eigenvalue weighted by atomic mass is 10.1. The fourth-order valence-electron chi connectivity index (χ4n) is 1.18. The van der Waals surface area contributed by atoms with E-state index < -0.39 is 23.6 Å². The van der Waals surface area contributed by atoms with Crippen molar-refractivity contribution in [3.05, 3.63) is 35.4 Å². The molecule has 0 spiro atoms. The lowest BCUT2D eigenvalue weighted by Crippen LogP contribution is -2.24. The largest absolute Gasteiger partial charge is 0.370 e. The Hall–Kier alpha value is -1.53. The first-order valence-electron chi connectivity index (χ1n) is 4.57. The Morgan fingerprint density at radius 2 is 2.12 bits per heavy atom. The first-order valence-corrected chi connectivity index (χ1v) is 4.57. The van der Waals surface area contributed by atoms with E-state index in [1.54, 1.807) is 0 Å². The maximum Gasteiger partial charge on any atom is 0.243 e. The van der Waals surface area contributed by atoms with Gasteiger partial charge in [0.15, 0.2) is 0 Å². The predicted octanol–water partition coefficient (Wildman–Crippen LogP) is 0.466. The molecule has 1 unspecified atom stereocenters. The van der Waals surface area contributed by atoms with E-state index in [1.165, 1.54) is 0 Å². The summed E-state index contributed by atoms with van der Waals surface area (Å²) in [5, 5.41) is 0. The van der Waals surface area contributed by atoms with E-state index in [4.69, 9.17) is 16.2 Å². The highest BCUT2D eigenvalue weighted by Crippen LogP contribution is 2.16. The van der Waals surface area contributed by atoms with Crippen molar-refractivity contribution in [2.75, 3.05) is 13.2 Å². The van der Waals surface area contributed by atoms with E-state index in [0.29, 0.717) is 0 Å². The van der Waals surface area contributed by atoms with Gasteiger partial charge in [-0.2, -0.15) is 0 Å². The molecule has 0 aromatic heterocycles. The van der Waals surface area contributed by atoms with Crippen LogP contribution in [0.1, 0.15) is 11.6 Å². The second-order valence-corrected chi connectivity index (χ2v) is 3.25. The molecule has 16 heavy (non-hydrogen) atoms. The molecule has 0 aliphatic heterocycles. The topological polar surface area (TPSA) is 78.3 Å². The van der Waals surface area contributed by atoms with Crippen LogP contribution in [0.25, 0.3) is 0 Å². The summed E-state index contributed by atoms with van der Waals surface area (Å²) in [6.45, 7) is -0.409. The Kier molecular flexibility index (Phi) is 4.33. The summed E-state index contributed by atoms with van der Waals surface area (Å²) in [5.74, 6) is -1.84. The number of amides is 1. The third-order valence-electron chi connectivity index (χ3n) is 1.90. The van der Waals surface area contributed by atoms with Crippen molar-refractivity contribution in [2.24, 2.45) is 11.5 Å². The zero-order valence-electron chi connectivity index (χ0n) is 8.45. The van der Waals surface area contributed by atoms with Crippen molar-refractivity contribution >= 4 is 5.91 Å². The van der Waals surface area contributed by atoms with Crippen LogP contribution in [0.3, 0.4) is 0 Å². The van der Waals surface area contributed by atoms with E-state index >= 15 is 0 Å². The normalized spacial score (nSPS) is 12.4. The minimum atomic E-state index is -0.838. The molecule has 0 fully saturated rings. The Morgan fingerprint density at radius 3 is 2.75 bits per heavy atom. The summed E-state index contributed by atoms with van der Waals surface area (Å²) in [7, 11) is 0. The molecule has 6 heteroatoms. The second kappa shape index (κ2) is 5.53. The van der Waals surface area contributed by atoms with Gasteiger partial charge >= 0.3 is 0 Å². The van der Waals surface area contributed by atoms with Gasteiger partial charge in [0.1, 0.15) is 18.2 Å². The Bertz CT molecular complexity index is 385. The fourth-order valence-corrected chi connectivity index (χ4v) is 1.18. The number of halogens is 2. The minimum absolute atomic E-state index is 0.00414. The molecular formula is C10H12F2N2O2. The molecule has 0 aliphatic rings. The summed E-state index contributed by atoms with van der Waals surface area (Å²) in [6, 6.07) is 2.14. The van der Waals surface area contributed by atoms with Crippen molar-refractivity contribution in [1.82, 2.24) is 0 Å². The van der Waals surface area contributed by atoms with Crippen molar-refractivity contribution in [3.63, 3.8) is 0 Å². The van der Waals surface area contributed by atoms with Crippen LogP contribution in [0.4, 0.5) is 8.78 Å². The number of carbonyl (C=O) groups is 1. The third-order valence-corrected chi connectivity index (χ3v) is 1.90. The second-order valence-electron chi connectivity index (χ2n) is 3.25. The maximum atomic E-state index is 13.2. The van der Waals surface area contributed by atoms with E-state index in [0.717, 1.165) is 18.2 Å². The van der Waals surface area contributed by atoms with Crippen LogP contribution in [-0.2, 0) is 9.53 Å². The number of carbonyl (C=O) groups excluding carboxylic acids is 1. The van der Waals surface area contributed by atoms with Gasteiger partial charge in [-0.1, -0.05) is 0 Å². The number of benzene rings is 1. The van der Waals surface area contributed by atoms with Gasteiger partial charge in [-0.05, 0) is 18.2 Å². The smallest absolute Gasteiger partial charge is 0.243 e. The van der Waals surface area contributed by atoms with Crippen LogP contribution in [0.15, 0.2) is 18.2 Å². The van der Waals surface area contributed by atoms with Gasteiger partial charge in [0, 0.05) is 5.56 Å².